The molecule has 2 heterocycles. The topological polar surface area (TPSA) is 88.8 Å². The molecule has 7 heteroatoms. The zero-order valence-corrected chi connectivity index (χ0v) is 19.4. The molecule has 33 heavy (non-hydrogen) atoms. The van der Waals surface area contributed by atoms with E-state index < -0.39 is 6.10 Å². The van der Waals surface area contributed by atoms with Crippen LogP contribution in [0.4, 0.5) is 5.82 Å². The SMILES string of the molecule is CCCCCC[C@@H]([C@H](C)O)n1nnc2c(NCc3ccccc3)nc(-c3ccccc3)nc21. The number of unbranched alkanes of at least 4 members (excludes halogenated alkanes) is 3. The number of hydrogen-bond acceptors (Lipinski definition) is 6. The van der Waals surface area contributed by atoms with Crippen molar-refractivity contribution in [3.8, 4) is 11.4 Å². The highest BCUT2D eigenvalue weighted by Crippen LogP contribution is 2.28. The van der Waals surface area contributed by atoms with Crippen molar-refractivity contribution in [3.05, 3.63) is 66.2 Å². The van der Waals surface area contributed by atoms with E-state index in [4.69, 9.17) is 9.97 Å². The lowest BCUT2D eigenvalue weighted by molar-refractivity contribution is 0.116. The maximum absolute atomic E-state index is 10.6. The van der Waals surface area contributed by atoms with E-state index >= 15 is 0 Å². The van der Waals surface area contributed by atoms with Gasteiger partial charge < -0.3 is 10.4 Å². The van der Waals surface area contributed by atoms with Crippen LogP contribution in [0.3, 0.4) is 0 Å². The Kier molecular flexibility index (Phi) is 7.62. The minimum atomic E-state index is -0.563. The molecule has 0 aliphatic heterocycles. The van der Waals surface area contributed by atoms with Crippen molar-refractivity contribution in [1.82, 2.24) is 25.0 Å². The third kappa shape index (κ3) is 5.54. The summed E-state index contributed by atoms with van der Waals surface area (Å²) in [7, 11) is 0. The van der Waals surface area contributed by atoms with E-state index in [2.05, 4.69) is 34.7 Å². The van der Waals surface area contributed by atoms with Crippen molar-refractivity contribution >= 4 is 17.0 Å². The summed E-state index contributed by atoms with van der Waals surface area (Å²) in [5, 5.41) is 22.8. The fourth-order valence-corrected chi connectivity index (χ4v) is 4.02. The first-order valence-electron chi connectivity index (χ1n) is 11.8. The molecule has 0 aliphatic carbocycles. The molecule has 4 rings (SSSR count). The fraction of sp³-hybridized carbons (Fsp3) is 0.385. The van der Waals surface area contributed by atoms with Crippen molar-refractivity contribution in [2.45, 2.75) is 64.6 Å². The number of rotatable bonds is 11. The van der Waals surface area contributed by atoms with E-state index in [1.165, 1.54) is 12.8 Å². The van der Waals surface area contributed by atoms with Gasteiger partial charge in [0.15, 0.2) is 22.8 Å². The number of anilines is 1. The Morgan fingerprint density at radius 2 is 1.67 bits per heavy atom. The minimum Gasteiger partial charge on any atom is -0.391 e. The number of nitrogens with zero attached hydrogens (tertiary/aromatic N) is 5. The standard InChI is InChI=1S/C26H32N6O/c1-3-4-5-12-17-22(19(2)33)32-26-23(30-31-32)25(27-18-20-13-8-6-9-14-20)28-24(29-26)21-15-10-7-11-16-21/h6-11,13-16,19,22,33H,3-5,12,17-18H2,1-2H3,(H,27,28,29)/t19-,22-/m0/s1. The Morgan fingerprint density at radius 3 is 2.36 bits per heavy atom. The largest absolute Gasteiger partial charge is 0.391 e. The molecular weight excluding hydrogens is 412 g/mol. The first-order chi connectivity index (χ1) is 16.2. The molecule has 0 aliphatic rings. The number of fused-ring (bicyclic) bond motifs is 1. The van der Waals surface area contributed by atoms with Gasteiger partial charge in [0, 0.05) is 12.1 Å². The molecule has 0 bridgehead atoms. The summed E-state index contributed by atoms with van der Waals surface area (Å²) in [5.41, 5.74) is 3.33. The van der Waals surface area contributed by atoms with Crippen LogP contribution in [0.25, 0.3) is 22.6 Å². The van der Waals surface area contributed by atoms with Crippen LogP contribution in [0.15, 0.2) is 60.7 Å². The van der Waals surface area contributed by atoms with Gasteiger partial charge in [-0.1, -0.05) is 98.5 Å². The maximum atomic E-state index is 10.6. The van der Waals surface area contributed by atoms with Crippen LogP contribution >= 0.6 is 0 Å². The molecule has 0 fully saturated rings. The highest BCUT2D eigenvalue weighted by atomic mass is 16.3. The van der Waals surface area contributed by atoms with Gasteiger partial charge in [0.05, 0.1) is 12.1 Å². The lowest BCUT2D eigenvalue weighted by atomic mass is 10.0. The van der Waals surface area contributed by atoms with Gasteiger partial charge in [0.2, 0.25) is 0 Å². The zero-order chi connectivity index (χ0) is 23.0. The molecule has 0 unspecified atom stereocenters. The van der Waals surface area contributed by atoms with Crippen molar-refractivity contribution in [3.63, 3.8) is 0 Å². The van der Waals surface area contributed by atoms with Gasteiger partial charge in [-0.15, -0.1) is 5.10 Å². The minimum absolute atomic E-state index is 0.188. The maximum Gasteiger partial charge on any atom is 0.184 e. The fourth-order valence-electron chi connectivity index (χ4n) is 4.02. The lowest BCUT2D eigenvalue weighted by Crippen LogP contribution is -2.23. The summed E-state index contributed by atoms with van der Waals surface area (Å²) in [6, 6.07) is 19.9. The van der Waals surface area contributed by atoms with E-state index in [0.29, 0.717) is 29.4 Å². The number of benzene rings is 2. The third-order valence-electron chi connectivity index (χ3n) is 5.88. The average Bonchev–Trinajstić information content (AvgIpc) is 3.27. The van der Waals surface area contributed by atoms with Gasteiger partial charge in [0.1, 0.15) is 0 Å². The normalized spacial score (nSPS) is 13.2. The van der Waals surface area contributed by atoms with Crippen molar-refractivity contribution in [1.29, 1.82) is 0 Å². The lowest BCUT2D eigenvalue weighted by Gasteiger charge is -2.20. The van der Waals surface area contributed by atoms with Crippen molar-refractivity contribution < 1.29 is 5.11 Å². The van der Waals surface area contributed by atoms with Gasteiger partial charge in [-0.05, 0) is 18.9 Å². The molecule has 2 aromatic heterocycles. The molecule has 2 atom stereocenters. The van der Waals surface area contributed by atoms with E-state index in [1.807, 2.05) is 55.5 Å². The van der Waals surface area contributed by atoms with Crippen LogP contribution in [0.5, 0.6) is 0 Å². The van der Waals surface area contributed by atoms with E-state index in [9.17, 15) is 5.11 Å². The Labute approximate surface area is 194 Å². The van der Waals surface area contributed by atoms with Gasteiger partial charge in [0.25, 0.3) is 0 Å². The van der Waals surface area contributed by atoms with Crippen LogP contribution in [-0.2, 0) is 6.54 Å². The number of nitrogens with one attached hydrogen (secondary N) is 1. The molecule has 0 saturated carbocycles. The molecule has 0 spiro atoms. The summed E-state index contributed by atoms with van der Waals surface area (Å²) < 4.78 is 1.79. The molecule has 4 aromatic rings. The number of aliphatic hydroxyl groups is 1. The van der Waals surface area contributed by atoms with Crippen LogP contribution in [0, 0.1) is 0 Å². The van der Waals surface area contributed by atoms with Crippen LogP contribution in [0.1, 0.15) is 57.6 Å². The predicted molar refractivity (Wildman–Crippen MR) is 132 cm³/mol. The van der Waals surface area contributed by atoms with Crippen LogP contribution in [0.2, 0.25) is 0 Å². The first-order valence-corrected chi connectivity index (χ1v) is 11.8. The van der Waals surface area contributed by atoms with Gasteiger partial charge in [-0.3, -0.25) is 0 Å². The molecule has 172 valence electrons. The molecule has 0 amide bonds. The quantitative estimate of drug-likeness (QED) is 0.301. The second-order valence-corrected chi connectivity index (χ2v) is 8.46. The molecular formula is C26H32N6O. The zero-order valence-electron chi connectivity index (χ0n) is 19.4. The van der Waals surface area contributed by atoms with Gasteiger partial charge in [-0.25, -0.2) is 14.6 Å². The predicted octanol–water partition coefficient (Wildman–Crippen LogP) is 5.39. The Morgan fingerprint density at radius 1 is 0.939 bits per heavy atom. The number of hydrogen-bond donors (Lipinski definition) is 2. The van der Waals surface area contributed by atoms with E-state index in [-0.39, 0.29) is 6.04 Å². The summed E-state index contributed by atoms with van der Waals surface area (Å²) >= 11 is 0. The third-order valence-corrected chi connectivity index (χ3v) is 5.88. The number of aromatic nitrogens is 5. The van der Waals surface area contributed by atoms with Crippen molar-refractivity contribution in [2.24, 2.45) is 0 Å². The number of aliphatic hydroxyl groups excluding tert-OH is 1. The van der Waals surface area contributed by atoms with Gasteiger partial charge in [-0.2, -0.15) is 0 Å². The summed E-state index contributed by atoms with van der Waals surface area (Å²) in [6.45, 7) is 4.62. The van der Waals surface area contributed by atoms with Gasteiger partial charge >= 0.3 is 0 Å². The second kappa shape index (κ2) is 11.0. The Hall–Kier alpha value is -3.32. The summed E-state index contributed by atoms with van der Waals surface area (Å²) in [4.78, 5) is 9.63. The summed E-state index contributed by atoms with van der Waals surface area (Å²) in [6.07, 6.45) is 4.80. The van der Waals surface area contributed by atoms with Crippen molar-refractivity contribution in [2.75, 3.05) is 5.32 Å². The monoisotopic (exact) mass is 444 g/mol. The Bertz CT molecular complexity index is 1140. The second-order valence-electron chi connectivity index (χ2n) is 8.46. The molecule has 2 N–H and O–H groups in total. The Balaban J connectivity index is 1.72. The first kappa shape index (κ1) is 22.9. The average molecular weight is 445 g/mol. The molecule has 7 nitrogen and oxygen atoms in total. The molecule has 2 aromatic carbocycles. The molecule has 0 saturated heterocycles. The van der Waals surface area contributed by atoms with E-state index in [1.54, 1.807) is 4.68 Å². The van der Waals surface area contributed by atoms with Crippen LogP contribution in [-0.4, -0.2) is 36.2 Å². The summed E-state index contributed by atoms with van der Waals surface area (Å²) in [5.74, 6) is 1.25. The highest BCUT2D eigenvalue weighted by Gasteiger charge is 2.24. The van der Waals surface area contributed by atoms with E-state index in [0.717, 1.165) is 30.4 Å². The molecule has 0 radical (unpaired) electrons. The highest BCUT2D eigenvalue weighted by molar-refractivity contribution is 5.84. The van der Waals surface area contributed by atoms with Crippen LogP contribution < -0.4 is 5.32 Å². The smallest absolute Gasteiger partial charge is 0.184 e.